The van der Waals surface area contributed by atoms with Gasteiger partial charge in [0, 0.05) is 37.3 Å². The molecule has 704 valence electrons. The number of cyclic esters (lactones) is 2. The van der Waals surface area contributed by atoms with Crippen LogP contribution in [0.1, 0.15) is 266 Å². The van der Waals surface area contributed by atoms with Crippen LogP contribution in [0.3, 0.4) is 0 Å². The van der Waals surface area contributed by atoms with E-state index in [1.165, 1.54) is 6.42 Å². The first kappa shape index (κ1) is 110. The van der Waals surface area contributed by atoms with E-state index in [0.717, 1.165) is 100 Å². The Morgan fingerprint density at radius 2 is 0.736 bits per heavy atom. The maximum atomic E-state index is 13.4. The standard InChI is InChI=1S/C25H30N4O3.C16H22N4O3.C12H24INO2S.C12H24N4O2S.2C12H23NO3S/c1-18-22(27-28-26)14-15-23(32-18)24(21-12-13-21)29(16-19-8-4-2-5-9-19)25(30)31-17-20-10-6-3-7-11-20;1-11(15-9-8-14(19-20-17)12(2)23-15)18-16(21)22-10-13-6-4-3-5-7-13;1-8(14-17(15)12(3,4)5)11-7-6-10(13)9(2)16-11;1-8(15-19(17)12(3,4)5)11-7-6-10(14-16-13)9(2)18-11;2*1-8-6-7-10(16-11(8)14)9(2)13-17(15)12(3,4)5/h2-11,18,21-24H,12-17H2,1H3;3-7,11-12,14-15H,8-10H2,1-2H3,(H,18,21);8-11,14H,6-7H2,1-5H3;8-11,15H,6-7H2,1-5H3;2*8-10,13H,6-7H2,1-5H3. The van der Waals surface area contributed by atoms with Gasteiger partial charge in [-0.05, 0) is 274 Å². The van der Waals surface area contributed by atoms with E-state index in [-0.39, 0.29) is 171 Å². The van der Waals surface area contributed by atoms with E-state index >= 15 is 0 Å². The van der Waals surface area contributed by atoms with Crippen LogP contribution in [0.4, 0.5) is 9.59 Å². The van der Waals surface area contributed by atoms with E-state index < -0.39 is 50.0 Å². The molecule has 0 bridgehead atoms. The molecule has 7 fully saturated rings. The van der Waals surface area contributed by atoms with Gasteiger partial charge in [0.15, 0.2) is 0 Å². The van der Waals surface area contributed by atoms with Crippen LogP contribution in [-0.2, 0) is 111 Å². The monoisotopic (exact) mass is 1940 g/mol. The van der Waals surface area contributed by atoms with Crippen LogP contribution in [0, 0.1) is 17.8 Å². The number of halogens is 1. The predicted octanol–water partition coefficient (Wildman–Crippen LogP) is 18.4. The number of ether oxygens (including phenoxy) is 8. The lowest BCUT2D eigenvalue weighted by molar-refractivity contribution is -0.161. The molecular weight excluding hydrogens is 1790 g/mol. The summed E-state index contributed by atoms with van der Waals surface area (Å²) >= 11 is 2.45. The van der Waals surface area contributed by atoms with Crippen molar-refractivity contribution in [3.63, 3.8) is 0 Å². The van der Waals surface area contributed by atoms with Crippen LogP contribution in [0.2, 0.25) is 0 Å². The first-order valence-corrected chi connectivity index (χ1v) is 50.0. The number of amides is 2. The van der Waals surface area contributed by atoms with Gasteiger partial charge >= 0.3 is 24.1 Å². The van der Waals surface area contributed by atoms with Gasteiger partial charge in [-0.25, -0.2) is 45.3 Å². The fourth-order valence-corrected chi connectivity index (χ4v) is 18.1. The molecule has 0 radical (unpaired) electrons. The van der Waals surface area contributed by atoms with Gasteiger partial charge in [0.05, 0.1) is 166 Å². The Kier molecular flexibility index (Phi) is 46.8. The summed E-state index contributed by atoms with van der Waals surface area (Å²) in [5, 5.41) is 14.1. The van der Waals surface area contributed by atoms with Gasteiger partial charge in [-0.15, -0.1) is 0 Å². The number of nitrogens with zero attached hydrogens (tertiary/aromatic N) is 10. The molecule has 3 aromatic carbocycles. The highest BCUT2D eigenvalue weighted by Crippen LogP contribution is 2.42. The second-order valence-corrected chi connectivity index (χ2v) is 47.3. The molecule has 31 nitrogen and oxygen atoms in total. The summed E-state index contributed by atoms with van der Waals surface area (Å²) in [6.45, 7) is 45.6. The van der Waals surface area contributed by atoms with Crippen molar-refractivity contribution in [2.45, 2.75) is 407 Å². The number of alkyl halides is 1. The van der Waals surface area contributed by atoms with Gasteiger partial charge in [-0.3, -0.25) is 14.5 Å². The van der Waals surface area contributed by atoms with E-state index in [0.29, 0.717) is 22.5 Å². The third-order valence-electron chi connectivity index (χ3n) is 22.6. The Labute approximate surface area is 767 Å². The van der Waals surface area contributed by atoms with E-state index in [2.05, 4.69) is 90.7 Å². The number of nitrogens with one attached hydrogen (secondary N) is 5. The molecule has 7 aliphatic rings. The predicted molar refractivity (Wildman–Crippen MR) is 504 cm³/mol. The quantitative estimate of drug-likeness (QED) is 0.00948. The fourth-order valence-electron chi connectivity index (χ4n) is 14.2. The number of rotatable bonds is 26. The first-order chi connectivity index (χ1) is 58.6. The summed E-state index contributed by atoms with van der Waals surface area (Å²) in [7, 11) is -4.39. The number of benzene rings is 3. The molecule has 26 unspecified atom stereocenters. The summed E-state index contributed by atoms with van der Waals surface area (Å²) in [6, 6.07) is 28.6. The summed E-state index contributed by atoms with van der Waals surface area (Å²) in [5.74, 6) is 0.0993. The minimum absolute atomic E-state index is 0.00597. The van der Waals surface area contributed by atoms with Gasteiger partial charge in [-0.2, -0.15) is 0 Å². The molecule has 1 aliphatic carbocycles. The Morgan fingerprint density at radius 1 is 0.432 bits per heavy atom. The fraction of sp³-hybridized carbons (Fsp3) is 0.753. The molecule has 0 aromatic heterocycles. The third-order valence-corrected chi connectivity index (χ3v) is 31.0. The smallest absolute Gasteiger partial charge is 0.410 e. The third kappa shape index (κ3) is 39.0. The number of azide groups is 3. The van der Waals surface area contributed by atoms with Gasteiger partial charge in [0.1, 0.15) is 25.4 Å². The lowest BCUT2D eigenvalue weighted by Gasteiger charge is -2.41. The van der Waals surface area contributed by atoms with Gasteiger partial charge < -0.3 is 43.2 Å². The van der Waals surface area contributed by atoms with Crippen molar-refractivity contribution in [2.75, 3.05) is 0 Å². The molecule has 6 aliphatic heterocycles. The normalized spacial score (nSPS) is 28.1. The SMILES string of the molecule is CC(NC(=O)OCc1ccccc1)C1CCC(N=[N+]=[N-])C(C)O1.CC(NS(=O)C(C)(C)C)C1CCC(I)C(C)O1.CC(NS(=O)C(C)(C)C)C1CCC(N=[N+]=[N-])C(C)O1.CC1CCC(C(C)NS(=O)C(C)(C)C)OC1=O.CC1CCC(C(C)NS(=O)C(C)(C)C)OC1=O.CC1OC(C(C2CC2)N(Cc2ccccc2)C(=O)OCc2ccccc2)CCC1N=[N+]=[N-]. The minimum Gasteiger partial charge on any atom is -0.460 e. The van der Waals surface area contributed by atoms with Crippen molar-refractivity contribution in [1.29, 1.82) is 0 Å². The second-order valence-electron chi connectivity index (χ2n) is 37.7. The van der Waals surface area contributed by atoms with Gasteiger partial charge in [0.2, 0.25) is 0 Å². The Balaban J connectivity index is 0.000000272. The maximum absolute atomic E-state index is 13.4. The van der Waals surface area contributed by atoms with Crippen LogP contribution >= 0.6 is 22.6 Å². The molecule has 5 N–H and O–H groups in total. The van der Waals surface area contributed by atoms with Crippen LogP contribution in [0.25, 0.3) is 31.3 Å². The minimum atomic E-state index is -1.13. The lowest BCUT2D eigenvalue weighted by Crippen LogP contribution is -2.52. The van der Waals surface area contributed by atoms with Crippen LogP contribution < -0.4 is 24.2 Å². The number of carbonyl (C=O) groups is 4. The molecule has 6 saturated heterocycles. The topological polar surface area (TPSA) is 420 Å². The molecule has 125 heavy (non-hydrogen) atoms. The average Bonchev–Trinajstić information content (AvgIpc) is 1.66. The zero-order chi connectivity index (χ0) is 93.3. The van der Waals surface area contributed by atoms with E-state index in [1.54, 1.807) is 0 Å². The number of hydrogen-bond acceptors (Lipinski definition) is 19. The second kappa shape index (κ2) is 53.4. The van der Waals surface area contributed by atoms with Crippen molar-refractivity contribution in [1.82, 2.24) is 29.1 Å². The largest absolute Gasteiger partial charge is 0.460 e. The molecule has 10 rings (SSSR count). The Bertz CT molecular complexity index is 3970. The van der Waals surface area contributed by atoms with Gasteiger partial charge in [-0.1, -0.05) is 143 Å². The zero-order valence-electron chi connectivity index (χ0n) is 78.0. The van der Waals surface area contributed by atoms with Crippen molar-refractivity contribution in [2.24, 2.45) is 33.1 Å². The summed E-state index contributed by atoms with van der Waals surface area (Å²) in [5.41, 5.74) is 28.8. The van der Waals surface area contributed by atoms with Crippen molar-refractivity contribution < 1.29 is 73.9 Å². The number of hydrogen-bond donors (Lipinski definition) is 5. The van der Waals surface area contributed by atoms with Crippen molar-refractivity contribution in [3.05, 3.63) is 139 Å². The highest BCUT2D eigenvalue weighted by atomic mass is 127. The molecule has 0 spiro atoms. The molecular formula is C89H146IN15O16S4. The average molecular weight is 1940 g/mol. The van der Waals surface area contributed by atoms with E-state index in [1.807, 2.05) is 241 Å². The van der Waals surface area contributed by atoms with Crippen LogP contribution in [-0.4, -0.2) is 184 Å². The molecule has 3 aromatic rings. The van der Waals surface area contributed by atoms with Crippen molar-refractivity contribution in [3.8, 4) is 0 Å². The molecule has 6 heterocycles. The Hall–Kier alpha value is -5.92. The first-order valence-electron chi connectivity index (χ1n) is 44.2. The Morgan fingerprint density at radius 3 is 1.06 bits per heavy atom. The zero-order valence-corrected chi connectivity index (χ0v) is 83.4. The molecule has 26 atom stereocenters. The van der Waals surface area contributed by atoms with Crippen LogP contribution in [0.5, 0.6) is 0 Å². The lowest BCUT2D eigenvalue weighted by atomic mass is 9.92. The molecule has 1 saturated carbocycles. The number of carbonyl (C=O) groups excluding carboxylic acids is 4. The molecule has 36 heteroatoms. The van der Waals surface area contributed by atoms with Crippen LogP contribution in [0.15, 0.2) is 106 Å². The summed E-state index contributed by atoms with van der Waals surface area (Å²) in [6.07, 6.45) is 11.1. The molecule has 2 amide bonds. The number of alkyl carbamates (subject to hydrolysis) is 1. The van der Waals surface area contributed by atoms with E-state index in [4.69, 9.17) is 54.5 Å². The number of esters is 2. The van der Waals surface area contributed by atoms with E-state index in [9.17, 15) is 36.0 Å². The highest BCUT2D eigenvalue weighted by molar-refractivity contribution is 14.1. The van der Waals surface area contributed by atoms with Gasteiger partial charge in [0.25, 0.3) is 0 Å². The summed E-state index contributed by atoms with van der Waals surface area (Å²) < 4.78 is 105. The van der Waals surface area contributed by atoms with Crippen molar-refractivity contribution >= 4 is 90.7 Å². The summed E-state index contributed by atoms with van der Waals surface area (Å²) in [4.78, 5) is 58.7. The highest BCUT2D eigenvalue weighted by Gasteiger charge is 2.47. The maximum Gasteiger partial charge on any atom is 0.410 e.